The maximum atomic E-state index is 11.5. The van der Waals surface area contributed by atoms with Crippen LogP contribution in [0.5, 0.6) is 5.88 Å². The molecule has 0 amide bonds. The molecule has 0 atom stereocenters. The number of Topliss-reactive ketones (excluding diaryl/α,β-unsaturated/α-hetero) is 1. The summed E-state index contributed by atoms with van der Waals surface area (Å²) in [6.07, 6.45) is 6.32. The number of benzene rings is 1. The summed E-state index contributed by atoms with van der Waals surface area (Å²) in [5.74, 6) is 0.745. The molecule has 3 nitrogen and oxygen atoms in total. The van der Waals surface area contributed by atoms with Gasteiger partial charge in [-0.25, -0.2) is 4.98 Å². The second-order valence-corrected chi connectivity index (χ2v) is 5.88. The SMILES string of the molecule is CC(=O)c1cccc(-c2cccc(OC3CCCCC3)n2)c1. The molecule has 3 heteroatoms. The van der Waals surface area contributed by atoms with Crippen molar-refractivity contribution in [3.8, 4) is 17.1 Å². The third kappa shape index (κ3) is 3.53. The average Bonchev–Trinajstić information content (AvgIpc) is 2.56. The highest BCUT2D eigenvalue weighted by Crippen LogP contribution is 2.25. The Hall–Kier alpha value is -2.16. The van der Waals surface area contributed by atoms with Crippen LogP contribution in [0.4, 0.5) is 0 Å². The number of carbonyl (C=O) groups excluding carboxylic acids is 1. The van der Waals surface area contributed by atoms with Gasteiger partial charge in [0.1, 0.15) is 6.10 Å². The Morgan fingerprint density at radius 3 is 2.64 bits per heavy atom. The predicted molar refractivity (Wildman–Crippen MR) is 87.2 cm³/mol. The molecule has 2 aromatic rings. The van der Waals surface area contributed by atoms with Crippen LogP contribution < -0.4 is 4.74 Å². The number of hydrogen-bond donors (Lipinski definition) is 0. The first-order valence-electron chi connectivity index (χ1n) is 7.97. The molecule has 1 aliphatic carbocycles. The van der Waals surface area contributed by atoms with E-state index < -0.39 is 0 Å². The van der Waals surface area contributed by atoms with E-state index in [1.165, 1.54) is 19.3 Å². The maximum Gasteiger partial charge on any atom is 0.214 e. The highest BCUT2D eigenvalue weighted by molar-refractivity contribution is 5.95. The first kappa shape index (κ1) is 14.8. The van der Waals surface area contributed by atoms with Gasteiger partial charge in [0.05, 0.1) is 5.69 Å². The van der Waals surface area contributed by atoms with Crippen LogP contribution in [-0.2, 0) is 0 Å². The van der Waals surface area contributed by atoms with Gasteiger partial charge in [0.2, 0.25) is 5.88 Å². The maximum absolute atomic E-state index is 11.5. The van der Waals surface area contributed by atoms with Crippen LogP contribution in [-0.4, -0.2) is 16.9 Å². The standard InChI is InChI=1S/C19H21NO2/c1-14(21)15-7-5-8-16(13-15)18-11-6-12-19(20-18)22-17-9-3-2-4-10-17/h5-8,11-13,17H,2-4,9-10H2,1H3. The van der Waals surface area contributed by atoms with Gasteiger partial charge in [-0.05, 0) is 44.7 Å². The molecule has 1 saturated carbocycles. The van der Waals surface area contributed by atoms with Crippen LogP contribution in [0.2, 0.25) is 0 Å². The van der Waals surface area contributed by atoms with Crippen LogP contribution in [0, 0.1) is 0 Å². The Morgan fingerprint density at radius 2 is 1.86 bits per heavy atom. The van der Waals surface area contributed by atoms with Crippen LogP contribution in [0.1, 0.15) is 49.4 Å². The number of hydrogen-bond acceptors (Lipinski definition) is 3. The van der Waals surface area contributed by atoms with Gasteiger partial charge in [-0.15, -0.1) is 0 Å². The van der Waals surface area contributed by atoms with Gasteiger partial charge in [-0.3, -0.25) is 4.79 Å². The highest BCUT2D eigenvalue weighted by atomic mass is 16.5. The third-order valence-electron chi connectivity index (χ3n) is 4.13. The number of carbonyl (C=O) groups is 1. The van der Waals surface area contributed by atoms with E-state index in [4.69, 9.17) is 4.74 Å². The van der Waals surface area contributed by atoms with E-state index >= 15 is 0 Å². The second kappa shape index (κ2) is 6.73. The van der Waals surface area contributed by atoms with E-state index in [0.717, 1.165) is 24.1 Å². The molecule has 1 aliphatic rings. The van der Waals surface area contributed by atoms with Crippen molar-refractivity contribution in [1.82, 2.24) is 4.98 Å². The van der Waals surface area contributed by atoms with Crippen molar-refractivity contribution in [2.75, 3.05) is 0 Å². The second-order valence-electron chi connectivity index (χ2n) is 5.88. The zero-order valence-corrected chi connectivity index (χ0v) is 12.9. The largest absolute Gasteiger partial charge is 0.474 e. The molecule has 1 aromatic carbocycles. The Morgan fingerprint density at radius 1 is 1.09 bits per heavy atom. The molecule has 114 valence electrons. The van der Waals surface area contributed by atoms with Crippen LogP contribution in [0.25, 0.3) is 11.3 Å². The van der Waals surface area contributed by atoms with Crippen molar-refractivity contribution in [2.45, 2.75) is 45.1 Å². The quantitative estimate of drug-likeness (QED) is 0.770. The molecular formula is C19H21NO2. The Bertz CT molecular complexity index is 660. The lowest BCUT2D eigenvalue weighted by Gasteiger charge is -2.22. The van der Waals surface area contributed by atoms with Crippen LogP contribution >= 0.6 is 0 Å². The minimum Gasteiger partial charge on any atom is -0.474 e. The molecule has 0 radical (unpaired) electrons. The van der Waals surface area contributed by atoms with Gasteiger partial charge in [0.25, 0.3) is 0 Å². The molecule has 1 fully saturated rings. The normalized spacial score (nSPS) is 15.5. The number of rotatable bonds is 4. The number of ether oxygens (including phenoxy) is 1. The smallest absolute Gasteiger partial charge is 0.214 e. The first-order chi connectivity index (χ1) is 10.7. The summed E-state index contributed by atoms with van der Waals surface area (Å²) in [7, 11) is 0. The van der Waals surface area contributed by atoms with Gasteiger partial charge in [-0.1, -0.05) is 30.7 Å². The molecule has 0 spiro atoms. The Balaban J connectivity index is 1.81. The molecule has 0 bridgehead atoms. The van der Waals surface area contributed by atoms with E-state index in [2.05, 4.69) is 4.98 Å². The number of pyridine rings is 1. The third-order valence-corrected chi connectivity index (χ3v) is 4.13. The van der Waals surface area contributed by atoms with Crippen molar-refractivity contribution in [2.24, 2.45) is 0 Å². The minimum atomic E-state index is 0.0662. The van der Waals surface area contributed by atoms with Crippen molar-refractivity contribution >= 4 is 5.78 Å². The summed E-state index contributed by atoms with van der Waals surface area (Å²) < 4.78 is 6.02. The summed E-state index contributed by atoms with van der Waals surface area (Å²) in [6, 6.07) is 13.4. The van der Waals surface area contributed by atoms with Gasteiger partial charge in [-0.2, -0.15) is 0 Å². The first-order valence-corrected chi connectivity index (χ1v) is 7.97. The minimum absolute atomic E-state index is 0.0662. The number of nitrogens with zero attached hydrogens (tertiary/aromatic N) is 1. The molecule has 0 saturated heterocycles. The Kier molecular flexibility index (Phi) is 4.52. The van der Waals surface area contributed by atoms with Crippen molar-refractivity contribution < 1.29 is 9.53 Å². The van der Waals surface area contributed by atoms with Gasteiger partial charge in [0.15, 0.2) is 5.78 Å². The molecule has 0 unspecified atom stereocenters. The summed E-state index contributed by atoms with van der Waals surface area (Å²) in [5.41, 5.74) is 2.50. The zero-order valence-electron chi connectivity index (χ0n) is 12.9. The molecule has 1 heterocycles. The molecule has 0 N–H and O–H groups in total. The summed E-state index contributed by atoms with van der Waals surface area (Å²) >= 11 is 0. The van der Waals surface area contributed by atoms with Gasteiger partial charge >= 0.3 is 0 Å². The molecule has 0 aliphatic heterocycles. The molecular weight excluding hydrogens is 274 g/mol. The van der Waals surface area contributed by atoms with E-state index in [-0.39, 0.29) is 5.78 Å². The lowest BCUT2D eigenvalue weighted by atomic mass is 9.98. The fourth-order valence-corrected chi connectivity index (χ4v) is 2.89. The van der Waals surface area contributed by atoms with E-state index in [1.807, 2.05) is 42.5 Å². The van der Waals surface area contributed by atoms with Crippen molar-refractivity contribution in [1.29, 1.82) is 0 Å². The molecule has 1 aromatic heterocycles. The zero-order chi connectivity index (χ0) is 15.4. The lowest BCUT2D eigenvalue weighted by molar-refractivity contribution is 0.101. The monoisotopic (exact) mass is 295 g/mol. The van der Waals surface area contributed by atoms with Gasteiger partial charge in [0, 0.05) is 17.2 Å². The Labute approximate surface area is 131 Å². The number of aromatic nitrogens is 1. The van der Waals surface area contributed by atoms with Gasteiger partial charge < -0.3 is 4.74 Å². The highest BCUT2D eigenvalue weighted by Gasteiger charge is 2.15. The fourth-order valence-electron chi connectivity index (χ4n) is 2.89. The molecule has 22 heavy (non-hydrogen) atoms. The van der Waals surface area contributed by atoms with E-state index in [0.29, 0.717) is 17.5 Å². The van der Waals surface area contributed by atoms with Crippen LogP contribution in [0.3, 0.4) is 0 Å². The topological polar surface area (TPSA) is 39.2 Å². The number of ketones is 1. The fraction of sp³-hybridized carbons (Fsp3) is 0.368. The summed E-state index contributed by atoms with van der Waals surface area (Å²) in [6.45, 7) is 1.58. The van der Waals surface area contributed by atoms with Crippen molar-refractivity contribution in [3.05, 3.63) is 48.0 Å². The van der Waals surface area contributed by atoms with Crippen molar-refractivity contribution in [3.63, 3.8) is 0 Å². The van der Waals surface area contributed by atoms with Crippen LogP contribution in [0.15, 0.2) is 42.5 Å². The average molecular weight is 295 g/mol. The van der Waals surface area contributed by atoms with E-state index in [1.54, 1.807) is 6.92 Å². The summed E-state index contributed by atoms with van der Waals surface area (Å²) in [5, 5.41) is 0. The van der Waals surface area contributed by atoms with E-state index in [9.17, 15) is 4.79 Å². The summed E-state index contributed by atoms with van der Waals surface area (Å²) in [4.78, 5) is 16.1. The predicted octanol–water partition coefficient (Wildman–Crippen LogP) is 4.66. The molecule has 3 rings (SSSR count). The lowest BCUT2D eigenvalue weighted by Crippen LogP contribution is -2.20.